The topological polar surface area (TPSA) is 111 Å². The zero-order valence-corrected chi connectivity index (χ0v) is 20.4. The molecule has 0 aromatic heterocycles. The second-order valence-electron chi connectivity index (χ2n) is 9.50. The summed E-state index contributed by atoms with van der Waals surface area (Å²) in [6.07, 6.45) is 1.63. The van der Waals surface area contributed by atoms with Gasteiger partial charge in [-0.1, -0.05) is 61.3 Å². The summed E-state index contributed by atoms with van der Waals surface area (Å²) in [7, 11) is 0. The van der Waals surface area contributed by atoms with E-state index in [0.717, 1.165) is 6.07 Å². The lowest BCUT2D eigenvalue weighted by atomic mass is 9.64. The van der Waals surface area contributed by atoms with Crippen LogP contribution in [0, 0.1) is 26.4 Å². The Morgan fingerprint density at radius 2 is 1.82 bits per heavy atom. The number of anilines is 1. The Hall–Kier alpha value is -2.97. The van der Waals surface area contributed by atoms with E-state index >= 15 is 0 Å². The van der Waals surface area contributed by atoms with Gasteiger partial charge in [-0.2, -0.15) is 0 Å². The third kappa shape index (κ3) is 3.56. The highest BCUT2D eigenvalue weighted by atomic mass is 35.5. The number of nitrogens with one attached hydrogen (secondary N) is 1. The van der Waals surface area contributed by atoms with Gasteiger partial charge < -0.3 is 10.2 Å². The molecular weight excluding hydrogens is 481 g/mol. The van der Waals surface area contributed by atoms with Crippen LogP contribution in [0.2, 0.25) is 10.0 Å². The molecule has 2 fully saturated rings. The number of carbonyl (C=O) groups is 2. The van der Waals surface area contributed by atoms with Gasteiger partial charge >= 0.3 is 5.97 Å². The van der Waals surface area contributed by atoms with Crippen molar-refractivity contribution < 1.29 is 19.3 Å². The molecule has 2 aliphatic rings. The minimum absolute atomic E-state index is 0.0224. The van der Waals surface area contributed by atoms with Gasteiger partial charge in [-0.05, 0) is 36.5 Å². The third-order valence-corrected chi connectivity index (χ3v) is 8.72. The SMILES string of the molecule is CC12CCC(C(=O)Nc3cccc(Cl)c3Cl)(C/C1=N\OC(=O)c1cccc([N+](=O)[O-])c1)C2(C)C. The average molecular weight is 504 g/mol. The molecule has 4 rings (SSSR count). The highest BCUT2D eigenvalue weighted by molar-refractivity contribution is 6.44. The molecule has 0 aliphatic heterocycles. The Morgan fingerprint density at radius 1 is 1.12 bits per heavy atom. The van der Waals surface area contributed by atoms with Crippen molar-refractivity contribution in [2.45, 2.75) is 40.0 Å². The summed E-state index contributed by atoms with van der Waals surface area (Å²) in [5, 5.41) is 18.7. The number of benzene rings is 2. The number of rotatable bonds is 5. The van der Waals surface area contributed by atoms with Crippen LogP contribution in [-0.4, -0.2) is 22.5 Å². The Balaban J connectivity index is 1.60. The number of nitrogens with zero attached hydrogens (tertiary/aromatic N) is 2. The lowest BCUT2D eigenvalue weighted by Gasteiger charge is -2.39. The van der Waals surface area contributed by atoms with E-state index in [-0.39, 0.29) is 22.2 Å². The van der Waals surface area contributed by atoms with Crippen molar-refractivity contribution in [3.63, 3.8) is 0 Å². The molecule has 2 bridgehead atoms. The van der Waals surface area contributed by atoms with Crippen LogP contribution in [0.1, 0.15) is 50.4 Å². The molecule has 2 unspecified atom stereocenters. The van der Waals surface area contributed by atoms with E-state index < -0.39 is 27.1 Å². The van der Waals surface area contributed by atoms with Crippen molar-refractivity contribution in [3.8, 4) is 0 Å². The zero-order chi connectivity index (χ0) is 24.9. The van der Waals surface area contributed by atoms with E-state index in [1.54, 1.807) is 18.2 Å². The number of non-ortho nitro benzene ring substituents is 1. The van der Waals surface area contributed by atoms with E-state index in [9.17, 15) is 19.7 Å². The summed E-state index contributed by atoms with van der Waals surface area (Å²) in [6.45, 7) is 6.05. The summed E-state index contributed by atoms with van der Waals surface area (Å²) in [6, 6.07) is 10.3. The molecule has 2 aromatic carbocycles. The van der Waals surface area contributed by atoms with E-state index in [1.807, 2.05) is 20.8 Å². The van der Waals surface area contributed by atoms with Gasteiger partial charge in [-0.25, -0.2) is 4.79 Å². The largest absolute Gasteiger partial charge is 0.365 e. The normalized spacial score (nSPS) is 25.9. The number of carbonyl (C=O) groups excluding carboxylic acids is 2. The maximum absolute atomic E-state index is 13.6. The first-order valence-corrected chi connectivity index (χ1v) is 11.5. The van der Waals surface area contributed by atoms with Crippen LogP contribution in [0.5, 0.6) is 0 Å². The number of halogens is 2. The van der Waals surface area contributed by atoms with Crippen LogP contribution in [0.3, 0.4) is 0 Å². The Bertz CT molecular complexity index is 1240. The van der Waals surface area contributed by atoms with Crippen molar-refractivity contribution in [2.24, 2.45) is 21.4 Å². The van der Waals surface area contributed by atoms with Gasteiger partial charge in [-0.3, -0.25) is 14.9 Å². The molecule has 8 nitrogen and oxygen atoms in total. The molecule has 0 radical (unpaired) electrons. The predicted octanol–water partition coefficient (Wildman–Crippen LogP) is 6.27. The van der Waals surface area contributed by atoms with E-state index in [2.05, 4.69) is 10.5 Å². The predicted molar refractivity (Wildman–Crippen MR) is 129 cm³/mol. The quantitative estimate of drug-likeness (QED) is 0.293. The van der Waals surface area contributed by atoms with Gasteiger partial charge in [0.1, 0.15) is 0 Å². The van der Waals surface area contributed by atoms with Crippen LogP contribution in [0.4, 0.5) is 11.4 Å². The number of oxime groups is 1. The smallest absolute Gasteiger partial charge is 0.324 e. The summed E-state index contributed by atoms with van der Waals surface area (Å²) in [5.41, 5.74) is -0.920. The second kappa shape index (κ2) is 8.36. The highest BCUT2D eigenvalue weighted by Crippen LogP contribution is 2.71. The van der Waals surface area contributed by atoms with Gasteiger partial charge in [0.2, 0.25) is 5.91 Å². The van der Waals surface area contributed by atoms with Crippen molar-refractivity contribution in [1.82, 2.24) is 0 Å². The van der Waals surface area contributed by atoms with Crippen LogP contribution in [-0.2, 0) is 9.63 Å². The fourth-order valence-electron chi connectivity index (χ4n) is 5.26. The maximum Gasteiger partial charge on any atom is 0.365 e. The third-order valence-electron chi connectivity index (χ3n) is 7.90. The molecule has 0 heterocycles. The minimum atomic E-state index is -0.801. The average Bonchev–Trinajstić information content (AvgIpc) is 3.11. The molecule has 1 amide bonds. The summed E-state index contributed by atoms with van der Waals surface area (Å²) in [5.74, 6) is -0.995. The van der Waals surface area contributed by atoms with E-state index in [0.29, 0.717) is 35.7 Å². The number of nitro benzene ring substituents is 1. The molecular formula is C24H23Cl2N3O5. The van der Waals surface area contributed by atoms with Gasteiger partial charge in [0.05, 0.1) is 37.3 Å². The van der Waals surface area contributed by atoms with Crippen LogP contribution < -0.4 is 5.32 Å². The first kappa shape index (κ1) is 24.2. The monoisotopic (exact) mass is 503 g/mol. The summed E-state index contributed by atoms with van der Waals surface area (Å²) < 4.78 is 0. The van der Waals surface area contributed by atoms with Crippen LogP contribution >= 0.6 is 23.2 Å². The first-order chi connectivity index (χ1) is 15.9. The highest BCUT2D eigenvalue weighted by Gasteiger charge is 2.71. The number of nitro groups is 1. The lowest BCUT2D eigenvalue weighted by molar-refractivity contribution is -0.384. The maximum atomic E-state index is 13.6. The number of hydrogen-bond donors (Lipinski definition) is 1. The number of amides is 1. The van der Waals surface area contributed by atoms with Gasteiger partial charge in [-0.15, -0.1) is 0 Å². The summed E-state index contributed by atoms with van der Waals surface area (Å²) >= 11 is 12.4. The molecule has 2 aliphatic carbocycles. The fourth-order valence-corrected chi connectivity index (χ4v) is 5.61. The molecule has 1 N–H and O–H groups in total. The Morgan fingerprint density at radius 3 is 2.53 bits per heavy atom. The first-order valence-electron chi connectivity index (χ1n) is 10.7. The van der Waals surface area contributed by atoms with Crippen LogP contribution in [0.25, 0.3) is 0 Å². The van der Waals surface area contributed by atoms with Gasteiger partial charge in [0, 0.05) is 24.0 Å². The molecule has 2 saturated carbocycles. The van der Waals surface area contributed by atoms with Crippen molar-refractivity contribution in [1.29, 1.82) is 0 Å². The molecule has 10 heteroatoms. The number of fused-ring (bicyclic) bond motifs is 2. The molecule has 178 valence electrons. The molecule has 2 aromatic rings. The standard InChI is InChI=1S/C24H23Cl2N3O5/c1-22(2)23(3)10-11-24(22,21(31)27-17-9-5-8-16(25)19(17)26)13-18(23)28-34-20(30)14-6-4-7-15(12-14)29(32)33/h4-9,12H,10-11,13H2,1-3H3,(H,27,31)/b28-18+. The fraction of sp³-hybridized carbons (Fsp3) is 0.375. The minimum Gasteiger partial charge on any atom is -0.324 e. The second-order valence-corrected chi connectivity index (χ2v) is 10.3. The summed E-state index contributed by atoms with van der Waals surface area (Å²) in [4.78, 5) is 41.7. The number of hydrogen-bond acceptors (Lipinski definition) is 6. The lowest BCUT2D eigenvalue weighted by Crippen LogP contribution is -2.43. The molecule has 0 spiro atoms. The Kier molecular flexibility index (Phi) is 5.94. The Labute approximate surface area is 206 Å². The van der Waals surface area contributed by atoms with Crippen molar-refractivity contribution in [2.75, 3.05) is 5.32 Å². The van der Waals surface area contributed by atoms with E-state index in [1.165, 1.54) is 18.2 Å². The van der Waals surface area contributed by atoms with Crippen LogP contribution in [0.15, 0.2) is 47.6 Å². The molecule has 2 atom stereocenters. The van der Waals surface area contributed by atoms with E-state index in [4.69, 9.17) is 28.0 Å². The van der Waals surface area contributed by atoms with Gasteiger partial charge in [0.15, 0.2) is 0 Å². The zero-order valence-electron chi connectivity index (χ0n) is 18.9. The molecule has 34 heavy (non-hydrogen) atoms. The molecule has 0 saturated heterocycles. The van der Waals surface area contributed by atoms with Crippen molar-refractivity contribution in [3.05, 3.63) is 68.2 Å². The van der Waals surface area contributed by atoms with Crippen molar-refractivity contribution >= 4 is 52.2 Å². The van der Waals surface area contributed by atoms with Gasteiger partial charge in [0.25, 0.3) is 5.69 Å².